The molecular weight excluding hydrogens is 258 g/mol. The molecule has 0 saturated heterocycles. The molecule has 3 nitrogen and oxygen atoms in total. The lowest BCUT2D eigenvalue weighted by atomic mass is 10.0. The van der Waals surface area contributed by atoms with Crippen LogP contribution in [0.4, 0.5) is 0 Å². The Morgan fingerprint density at radius 1 is 1.10 bits per heavy atom. The van der Waals surface area contributed by atoms with E-state index in [0.29, 0.717) is 6.54 Å². The molecule has 0 unspecified atom stereocenters. The second kappa shape index (κ2) is 5.34. The van der Waals surface area contributed by atoms with Crippen LogP contribution in [0.25, 0.3) is 11.0 Å². The second-order valence-electron chi connectivity index (χ2n) is 5.67. The maximum Gasteiger partial charge on any atom is 0.114 e. The summed E-state index contributed by atoms with van der Waals surface area (Å²) in [7, 11) is 2.08. The largest absolute Gasteiger partial charge is 0.331 e. The molecule has 0 aliphatic carbocycles. The summed E-state index contributed by atoms with van der Waals surface area (Å²) in [6, 6.07) is 12.8. The summed E-state index contributed by atoms with van der Waals surface area (Å²) in [4.78, 5) is 4.81. The van der Waals surface area contributed by atoms with Crippen molar-refractivity contribution in [2.45, 2.75) is 26.8 Å². The van der Waals surface area contributed by atoms with Gasteiger partial charge in [0.25, 0.3) is 0 Å². The average Bonchev–Trinajstić information content (AvgIpc) is 2.80. The number of rotatable bonds is 3. The molecule has 21 heavy (non-hydrogen) atoms. The summed E-state index contributed by atoms with van der Waals surface area (Å²) in [6.45, 7) is 4.82. The van der Waals surface area contributed by atoms with E-state index >= 15 is 0 Å². The number of fused-ring (bicyclic) bond motifs is 1. The van der Waals surface area contributed by atoms with Gasteiger partial charge in [0.1, 0.15) is 5.82 Å². The van der Waals surface area contributed by atoms with Crippen LogP contribution in [0.3, 0.4) is 0 Å². The van der Waals surface area contributed by atoms with Crippen LogP contribution in [0.2, 0.25) is 0 Å². The van der Waals surface area contributed by atoms with Gasteiger partial charge in [0, 0.05) is 20.0 Å². The van der Waals surface area contributed by atoms with Gasteiger partial charge in [-0.3, -0.25) is 0 Å². The molecule has 1 heterocycles. The molecule has 0 spiro atoms. The summed E-state index contributed by atoms with van der Waals surface area (Å²) >= 11 is 0. The molecule has 0 fully saturated rings. The van der Waals surface area contributed by atoms with E-state index in [4.69, 9.17) is 10.7 Å². The molecule has 108 valence electrons. The summed E-state index contributed by atoms with van der Waals surface area (Å²) in [5.74, 6) is 1.08. The molecule has 3 rings (SSSR count). The smallest absolute Gasteiger partial charge is 0.114 e. The van der Waals surface area contributed by atoms with Crippen molar-refractivity contribution in [2.24, 2.45) is 12.8 Å². The van der Waals surface area contributed by atoms with E-state index < -0.39 is 0 Å². The molecule has 0 amide bonds. The van der Waals surface area contributed by atoms with Crippen molar-refractivity contribution in [3.05, 3.63) is 64.5 Å². The SMILES string of the molecule is Cc1ccc(Cc2nc3c(CN)cccc3n2C)cc1C. The Kier molecular flexibility index (Phi) is 3.52. The van der Waals surface area contributed by atoms with Crippen LogP contribution in [0.15, 0.2) is 36.4 Å². The first-order valence-electron chi connectivity index (χ1n) is 7.29. The molecule has 2 N–H and O–H groups in total. The van der Waals surface area contributed by atoms with Crippen LogP contribution < -0.4 is 5.73 Å². The second-order valence-corrected chi connectivity index (χ2v) is 5.67. The minimum Gasteiger partial charge on any atom is -0.331 e. The number of aryl methyl sites for hydroxylation is 3. The summed E-state index contributed by atoms with van der Waals surface area (Å²) in [5, 5.41) is 0. The minimum atomic E-state index is 0.525. The fourth-order valence-corrected chi connectivity index (χ4v) is 2.74. The number of imidazole rings is 1. The first kappa shape index (κ1) is 13.8. The molecule has 0 aliphatic heterocycles. The van der Waals surface area contributed by atoms with Gasteiger partial charge in [-0.25, -0.2) is 4.98 Å². The third-order valence-electron chi connectivity index (χ3n) is 4.24. The fraction of sp³-hybridized carbons (Fsp3) is 0.278. The fourth-order valence-electron chi connectivity index (χ4n) is 2.74. The topological polar surface area (TPSA) is 43.8 Å². The van der Waals surface area contributed by atoms with Crippen LogP contribution in [0.5, 0.6) is 0 Å². The van der Waals surface area contributed by atoms with Gasteiger partial charge in [0.05, 0.1) is 11.0 Å². The predicted molar refractivity (Wildman–Crippen MR) is 87.3 cm³/mol. The van der Waals surface area contributed by atoms with Gasteiger partial charge < -0.3 is 10.3 Å². The van der Waals surface area contributed by atoms with E-state index in [-0.39, 0.29) is 0 Å². The van der Waals surface area contributed by atoms with E-state index in [1.54, 1.807) is 0 Å². The summed E-state index contributed by atoms with van der Waals surface area (Å²) < 4.78 is 2.17. The first-order valence-corrected chi connectivity index (χ1v) is 7.29. The molecule has 3 aromatic rings. The van der Waals surface area contributed by atoms with Gasteiger partial charge in [-0.1, -0.05) is 30.3 Å². The highest BCUT2D eigenvalue weighted by Gasteiger charge is 2.11. The maximum absolute atomic E-state index is 5.82. The first-order chi connectivity index (χ1) is 10.1. The van der Waals surface area contributed by atoms with E-state index in [9.17, 15) is 0 Å². The van der Waals surface area contributed by atoms with Gasteiger partial charge in [-0.2, -0.15) is 0 Å². The third kappa shape index (κ3) is 2.45. The normalized spacial score (nSPS) is 11.2. The standard InChI is InChI=1S/C18H21N3/c1-12-7-8-14(9-13(12)2)10-17-20-18-15(11-19)5-4-6-16(18)21(17)3/h4-9H,10-11,19H2,1-3H3. The molecule has 0 saturated carbocycles. The zero-order valence-corrected chi connectivity index (χ0v) is 12.9. The van der Waals surface area contributed by atoms with Crippen LogP contribution in [0.1, 0.15) is 28.1 Å². The number of nitrogens with two attached hydrogens (primary N) is 1. The van der Waals surface area contributed by atoms with Crippen molar-refractivity contribution in [2.75, 3.05) is 0 Å². The van der Waals surface area contributed by atoms with Crippen molar-refractivity contribution in [1.29, 1.82) is 0 Å². The molecule has 0 bridgehead atoms. The zero-order chi connectivity index (χ0) is 15.0. The lowest BCUT2D eigenvalue weighted by Crippen LogP contribution is -1.99. The van der Waals surface area contributed by atoms with Crippen LogP contribution >= 0.6 is 0 Å². The summed E-state index contributed by atoms with van der Waals surface area (Å²) in [5.41, 5.74) is 13.1. The quantitative estimate of drug-likeness (QED) is 0.800. The van der Waals surface area contributed by atoms with Gasteiger partial charge >= 0.3 is 0 Å². The highest BCUT2D eigenvalue weighted by molar-refractivity contribution is 5.79. The van der Waals surface area contributed by atoms with Gasteiger partial charge in [-0.05, 0) is 42.2 Å². The predicted octanol–water partition coefficient (Wildman–Crippen LogP) is 3.24. The molecular formula is C18H21N3. The monoisotopic (exact) mass is 279 g/mol. The number of hydrogen-bond acceptors (Lipinski definition) is 2. The van der Waals surface area contributed by atoms with E-state index in [1.807, 2.05) is 6.07 Å². The van der Waals surface area contributed by atoms with E-state index in [0.717, 1.165) is 28.8 Å². The van der Waals surface area contributed by atoms with E-state index in [1.165, 1.54) is 16.7 Å². The molecule has 0 aliphatic rings. The van der Waals surface area contributed by atoms with Crippen molar-refractivity contribution < 1.29 is 0 Å². The molecule has 2 aromatic carbocycles. The number of nitrogens with zero attached hydrogens (tertiary/aromatic N) is 2. The number of hydrogen-bond donors (Lipinski definition) is 1. The van der Waals surface area contributed by atoms with Gasteiger partial charge in [0.2, 0.25) is 0 Å². The Bertz CT molecular complexity index is 800. The lowest BCUT2D eigenvalue weighted by Gasteiger charge is -2.06. The van der Waals surface area contributed by atoms with Crippen LogP contribution in [0, 0.1) is 13.8 Å². The lowest BCUT2D eigenvalue weighted by molar-refractivity contribution is 0.844. The Labute approximate surface area is 125 Å². The summed E-state index contributed by atoms with van der Waals surface area (Å²) in [6.07, 6.45) is 0.844. The average molecular weight is 279 g/mol. The minimum absolute atomic E-state index is 0.525. The highest BCUT2D eigenvalue weighted by Crippen LogP contribution is 2.21. The zero-order valence-electron chi connectivity index (χ0n) is 12.9. The third-order valence-corrected chi connectivity index (χ3v) is 4.24. The number of benzene rings is 2. The van der Waals surface area contributed by atoms with E-state index in [2.05, 4.69) is 55.8 Å². The number of para-hydroxylation sites is 1. The Morgan fingerprint density at radius 2 is 1.90 bits per heavy atom. The van der Waals surface area contributed by atoms with Crippen molar-refractivity contribution in [1.82, 2.24) is 9.55 Å². The maximum atomic E-state index is 5.82. The number of aromatic nitrogens is 2. The molecule has 0 atom stereocenters. The van der Waals surface area contributed by atoms with Crippen molar-refractivity contribution >= 4 is 11.0 Å². The molecule has 3 heteroatoms. The van der Waals surface area contributed by atoms with Crippen molar-refractivity contribution in [3.63, 3.8) is 0 Å². The molecule has 0 radical (unpaired) electrons. The van der Waals surface area contributed by atoms with Gasteiger partial charge in [0.15, 0.2) is 0 Å². The molecule has 1 aromatic heterocycles. The highest BCUT2D eigenvalue weighted by atomic mass is 15.1. The Balaban J connectivity index is 2.04. The van der Waals surface area contributed by atoms with Crippen LogP contribution in [-0.4, -0.2) is 9.55 Å². The Morgan fingerprint density at radius 3 is 2.62 bits per heavy atom. The van der Waals surface area contributed by atoms with Crippen LogP contribution in [-0.2, 0) is 20.0 Å². The van der Waals surface area contributed by atoms with Crippen molar-refractivity contribution in [3.8, 4) is 0 Å². The van der Waals surface area contributed by atoms with Gasteiger partial charge in [-0.15, -0.1) is 0 Å². The Hall–Kier alpha value is -2.13.